The Hall–Kier alpha value is -1.66. The first-order valence-electron chi connectivity index (χ1n) is 9.34. The zero-order valence-corrected chi connectivity index (χ0v) is 15.1. The normalized spacial score (nSPS) is 11.0. The van der Waals surface area contributed by atoms with E-state index in [0.717, 1.165) is 71.0 Å². The van der Waals surface area contributed by atoms with E-state index in [0.29, 0.717) is 0 Å². The SMILES string of the molecule is c1ccc(CNCCCNCCNCCCNCc2ccco2)cc1. The highest BCUT2D eigenvalue weighted by molar-refractivity contribution is 5.14. The minimum absolute atomic E-state index is 0.812. The van der Waals surface area contributed by atoms with Gasteiger partial charge in [0.25, 0.3) is 0 Å². The molecule has 2 aromatic rings. The minimum Gasteiger partial charge on any atom is -0.468 e. The molecule has 0 spiro atoms. The van der Waals surface area contributed by atoms with Crippen LogP contribution in [0.25, 0.3) is 0 Å². The van der Waals surface area contributed by atoms with Crippen LogP contribution in [0.4, 0.5) is 0 Å². The van der Waals surface area contributed by atoms with Crippen molar-refractivity contribution in [2.24, 2.45) is 0 Å². The lowest BCUT2D eigenvalue weighted by atomic mass is 10.2. The fraction of sp³-hybridized carbons (Fsp3) is 0.500. The molecule has 0 saturated heterocycles. The van der Waals surface area contributed by atoms with Gasteiger partial charge in [0.15, 0.2) is 0 Å². The van der Waals surface area contributed by atoms with Crippen LogP contribution < -0.4 is 21.3 Å². The van der Waals surface area contributed by atoms with E-state index in [1.165, 1.54) is 5.56 Å². The second kappa shape index (κ2) is 13.6. The van der Waals surface area contributed by atoms with Gasteiger partial charge in [-0.25, -0.2) is 0 Å². The molecule has 0 unspecified atom stereocenters. The molecule has 0 aliphatic carbocycles. The number of nitrogens with one attached hydrogen (secondary N) is 4. The lowest BCUT2D eigenvalue weighted by Gasteiger charge is -2.08. The Kier molecular flexibility index (Phi) is 10.7. The van der Waals surface area contributed by atoms with Crippen LogP contribution in [-0.4, -0.2) is 39.3 Å². The molecule has 0 amide bonds. The van der Waals surface area contributed by atoms with Gasteiger partial charge < -0.3 is 25.7 Å². The quantitative estimate of drug-likeness (QED) is 0.373. The molecule has 4 N–H and O–H groups in total. The van der Waals surface area contributed by atoms with Gasteiger partial charge in [0.05, 0.1) is 12.8 Å². The van der Waals surface area contributed by atoms with Crippen LogP contribution in [0, 0.1) is 0 Å². The summed E-state index contributed by atoms with van der Waals surface area (Å²) in [6, 6.07) is 14.5. The molecule has 138 valence electrons. The number of rotatable bonds is 15. The number of hydrogen-bond acceptors (Lipinski definition) is 5. The highest BCUT2D eigenvalue weighted by Crippen LogP contribution is 1.98. The lowest BCUT2D eigenvalue weighted by Crippen LogP contribution is -2.30. The summed E-state index contributed by atoms with van der Waals surface area (Å²) in [6.45, 7) is 7.99. The zero-order chi connectivity index (χ0) is 17.4. The number of benzene rings is 1. The average Bonchev–Trinajstić information content (AvgIpc) is 3.16. The summed E-state index contributed by atoms with van der Waals surface area (Å²) in [5, 5.41) is 13.8. The van der Waals surface area contributed by atoms with Crippen LogP contribution in [0.15, 0.2) is 53.1 Å². The molecular weight excluding hydrogens is 312 g/mol. The monoisotopic (exact) mass is 344 g/mol. The number of hydrogen-bond donors (Lipinski definition) is 4. The van der Waals surface area contributed by atoms with Gasteiger partial charge in [-0.2, -0.15) is 0 Å². The maximum atomic E-state index is 5.27. The van der Waals surface area contributed by atoms with Gasteiger partial charge in [0.1, 0.15) is 5.76 Å². The fourth-order valence-electron chi connectivity index (χ4n) is 2.56. The van der Waals surface area contributed by atoms with Crippen LogP contribution in [0.3, 0.4) is 0 Å². The van der Waals surface area contributed by atoms with Gasteiger partial charge in [-0.05, 0) is 56.7 Å². The van der Waals surface area contributed by atoms with Crippen molar-refractivity contribution in [3.8, 4) is 0 Å². The van der Waals surface area contributed by atoms with E-state index in [1.807, 2.05) is 12.1 Å². The highest BCUT2D eigenvalue weighted by Gasteiger charge is 1.94. The standard InChI is InChI=1S/C20H32N4O/c1-2-7-19(8-3-1)17-23-12-5-10-21-14-15-22-11-6-13-24-18-20-9-4-16-25-20/h1-4,7-9,16,21-24H,5-6,10-15,17-18H2. The Morgan fingerprint density at radius 2 is 1.24 bits per heavy atom. The summed E-state index contributed by atoms with van der Waals surface area (Å²) in [7, 11) is 0. The Morgan fingerprint density at radius 3 is 1.88 bits per heavy atom. The molecule has 1 aromatic carbocycles. The molecule has 1 aromatic heterocycles. The molecule has 5 heteroatoms. The topological polar surface area (TPSA) is 61.3 Å². The van der Waals surface area contributed by atoms with E-state index < -0.39 is 0 Å². The zero-order valence-electron chi connectivity index (χ0n) is 15.1. The Bertz CT molecular complexity index is 516. The number of furan rings is 1. The first-order chi connectivity index (χ1) is 12.4. The largest absolute Gasteiger partial charge is 0.468 e. The van der Waals surface area contributed by atoms with Gasteiger partial charge in [-0.15, -0.1) is 0 Å². The Balaban J connectivity index is 1.27. The van der Waals surface area contributed by atoms with Crippen LogP contribution in [0.5, 0.6) is 0 Å². The van der Waals surface area contributed by atoms with Crippen LogP contribution in [0.2, 0.25) is 0 Å². The van der Waals surface area contributed by atoms with Crippen molar-refractivity contribution in [3.63, 3.8) is 0 Å². The van der Waals surface area contributed by atoms with Crippen molar-refractivity contribution < 1.29 is 4.42 Å². The molecule has 0 radical (unpaired) electrons. The molecule has 5 nitrogen and oxygen atoms in total. The van der Waals surface area contributed by atoms with Gasteiger partial charge in [0, 0.05) is 19.6 Å². The molecule has 0 atom stereocenters. The van der Waals surface area contributed by atoms with E-state index in [2.05, 4.69) is 51.6 Å². The van der Waals surface area contributed by atoms with Crippen LogP contribution in [-0.2, 0) is 13.1 Å². The Morgan fingerprint density at radius 1 is 0.600 bits per heavy atom. The smallest absolute Gasteiger partial charge is 0.117 e. The van der Waals surface area contributed by atoms with Gasteiger partial charge >= 0.3 is 0 Å². The molecule has 0 aliphatic rings. The van der Waals surface area contributed by atoms with Gasteiger partial charge in [-0.3, -0.25) is 0 Å². The minimum atomic E-state index is 0.812. The third-order valence-corrected chi connectivity index (χ3v) is 3.94. The van der Waals surface area contributed by atoms with Gasteiger partial charge in [-0.1, -0.05) is 30.3 Å². The second-order valence-corrected chi connectivity index (χ2v) is 6.13. The van der Waals surface area contributed by atoms with E-state index in [4.69, 9.17) is 4.42 Å². The maximum absolute atomic E-state index is 5.27. The van der Waals surface area contributed by atoms with Crippen molar-refractivity contribution >= 4 is 0 Å². The van der Waals surface area contributed by atoms with E-state index in [9.17, 15) is 0 Å². The fourth-order valence-corrected chi connectivity index (χ4v) is 2.56. The molecule has 0 fully saturated rings. The third kappa shape index (κ3) is 10.0. The van der Waals surface area contributed by atoms with Gasteiger partial charge in [0.2, 0.25) is 0 Å². The molecule has 0 saturated carbocycles. The van der Waals surface area contributed by atoms with Crippen molar-refractivity contribution in [2.75, 3.05) is 39.3 Å². The maximum Gasteiger partial charge on any atom is 0.117 e. The average molecular weight is 345 g/mol. The summed E-state index contributed by atoms with van der Waals surface area (Å²) < 4.78 is 5.27. The third-order valence-electron chi connectivity index (χ3n) is 3.94. The summed E-state index contributed by atoms with van der Waals surface area (Å²) in [6.07, 6.45) is 4.00. The van der Waals surface area contributed by atoms with Crippen LogP contribution >= 0.6 is 0 Å². The van der Waals surface area contributed by atoms with Crippen molar-refractivity contribution in [2.45, 2.75) is 25.9 Å². The van der Waals surface area contributed by atoms with E-state index in [1.54, 1.807) is 6.26 Å². The lowest BCUT2D eigenvalue weighted by molar-refractivity contribution is 0.478. The van der Waals surface area contributed by atoms with E-state index in [-0.39, 0.29) is 0 Å². The van der Waals surface area contributed by atoms with Crippen LogP contribution in [0.1, 0.15) is 24.2 Å². The molecule has 25 heavy (non-hydrogen) atoms. The summed E-state index contributed by atoms with van der Waals surface area (Å²) >= 11 is 0. The Labute approximate surface area is 151 Å². The predicted molar refractivity (Wildman–Crippen MR) is 104 cm³/mol. The van der Waals surface area contributed by atoms with E-state index >= 15 is 0 Å². The molecular formula is C20H32N4O. The summed E-state index contributed by atoms with van der Waals surface area (Å²) in [4.78, 5) is 0. The summed E-state index contributed by atoms with van der Waals surface area (Å²) in [5.74, 6) is 0.996. The predicted octanol–water partition coefficient (Wildman–Crippen LogP) is 2.12. The molecule has 0 bridgehead atoms. The van der Waals surface area contributed by atoms with Crippen molar-refractivity contribution in [3.05, 3.63) is 60.1 Å². The second-order valence-electron chi connectivity index (χ2n) is 6.13. The summed E-state index contributed by atoms with van der Waals surface area (Å²) in [5.41, 5.74) is 1.35. The highest BCUT2D eigenvalue weighted by atomic mass is 16.3. The molecule has 2 rings (SSSR count). The first kappa shape index (κ1) is 19.7. The first-order valence-corrected chi connectivity index (χ1v) is 9.34. The molecule has 1 heterocycles. The molecule has 0 aliphatic heterocycles. The van der Waals surface area contributed by atoms with Crippen molar-refractivity contribution in [1.82, 2.24) is 21.3 Å². The van der Waals surface area contributed by atoms with Crippen molar-refractivity contribution in [1.29, 1.82) is 0 Å².